The fourth-order valence-electron chi connectivity index (χ4n) is 1.66. The second-order valence-corrected chi connectivity index (χ2v) is 5.17. The minimum atomic E-state index is -0.188. The molecule has 0 spiro atoms. The van der Waals surface area contributed by atoms with E-state index < -0.39 is 0 Å². The molecule has 3 heteroatoms. The first kappa shape index (κ1) is 14.0. The highest BCUT2D eigenvalue weighted by molar-refractivity contribution is 5.46. The zero-order chi connectivity index (χ0) is 12.9. The largest absolute Gasteiger partial charge is 0.372 e. The van der Waals surface area contributed by atoms with Gasteiger partial charge in [0.05, 0.1) is 0 Å². The van der Waals surface area contributed by atoms with Crippen LogP contribution in [0, 0.1) is 11.2 Å². The average molecular weight is 238 g/mol. The first-order valence-electron chi connectivity index (χ1n) is 6.19. The predicted octanol–water partition coefficient (Wildman–Crippen LogP) is 3.03. The second-order valence-electron chi connectivity index (χ2n) is 5.17. The Balaban J connectivity index is 2.63. The maximum atomic E-state index is 12.8. The molecule has 0 bridgehead atoms. The van der Waals surface area contributed by atoms with Crippen molar-refractivity contribution in [2.24, 2.45) is 11.1 Å². The topological polar surface area (TPSA) is 29.3 Å². The normalized spacial score (nSPS) is 11.6. The number of nitrogens with zero attached hydrogens (tertiary/aromatic N) is 1. The number of anilines is 1. The maximum absolute atomic E-state index is 12.8. The first-order valence-corrected chi connectivity index (χ1v) is 6.19. The van der Waals surface area contributed by atoms with Crippen molar-refractivity contribution in [3.05, 3.63) is 30.1 Å². The van der Waals surface area contributed by atoms with Crippen molar-refractivity contribution in [1.82, 2.24) is 0 Å². The van der Waals surface area contributed by atoms with Gasteiger partial charge < -0.3 is 10.6 Å². The van der Waals surface area contributed by atoms with Gasteiger partial charge in [0, 0.05) is 18.8 Å². The molecule has 1 rings (SSSR count). The van der Waals surface area contributed by atoms with E-state index in [0.29, 0.717) is 6.54 Å². The maximum Gasteiger partial charge on any atom is 0.123 e. The number of halogens is 1. The molecule has 0 unspecified atom stereocenters. The van der Waals surface area contributed by atoms with Crippen molar-refractivity contribution in [2.75, 3.05) is 24.5 Å². The van der Waals surface area contributed by atoms with Crippen LogP contribution in [0.25, 0.3) is 0 Å². The molecular formula is C14H23FN2. The number of nitrogens with two attached hydrogens (primary N) is 1. The van der Waals surface area contributed by atoms with Crippen LogP contribution in [-0.4, -0.2) is 19.6 Å². The van der Waals surface area contributed by atoms with Crippen LogP contribution in [-0.2, 0) is 0 Å². The van der Waals surface area contributed by atoms with Gasteiger partial charge in [-0.05, 0) is 49.6 Å². The number of rotatable bonds is 6. The van der Waals surface area contributed by atoms with E-state index in [2.05, 4.69) is 25.7 Å². The van der Waals surface area contributed by atoms with Gasteiger partial charge in [-0.2, -0.15) is 0 Å². The van der Waals surface area contributed by atoms with Crippen molar-refractivity contribution in [2.45, 2.75) is 27.2 Å². The Labute approximate surface area is 104 Å². The van der Waals surface area contributed by atoms with E-state index in [1.165, 1.54) is 12.1 Å². The van der Waals surface area contributed by atoms with Crippen LogP contribution in [0.3, 0.4) is 0 Å². The molecule has 96 valence electrons. The molecule has 2 nitrogen and oxygen atoms in total. The van der Waals surface area contributed by atoms with E-state index >= 15 is 0 Å². The molecule has 0 aromatic heterocycles. The van der Waals surface area contributed by atoms with E-state index in [4.69, 9.17) is 5.73 Å². The van der Waals surface area contributed by atoms with Crippen molar-refractivity contribution in [3.63, 3.8) is 0 Å². The van der Waals surface area contributed by atoms with Gasteiger partial charge in [0.15, 0.2) is 0 Å². The summed E-state index contributed by atoms with van der Waals surface area (Å²) in [5.41, 5.74) is 6.96. The number of hydrogen-bond acceptors (Lipinski definition) is 2. The smallest absolute Gasteiger partial charge is 0.123 e. The zero-order valence-corrected chi connectivity index (χ0v) is 11.0. The van der Waals surface area contributed by atoms with Crippen LogP contribution in [0.1, 0.15) is 27.2 Å². The molecule has 0 aliphatic carbocycles. The monoisotopic (exact) mass is 238 g/mol. The third-order valence-corrected chi connectivity index (χ3v) is 3.18. The Morgan fingerprint density at radius 3 is 2.29 bits per heavy atom. The average Bonchev–Trinajstić information content (AvgIpc) is 2.32. The third-order valence-electron chi connectivity index (χ3n) is 3.18. The molecule has 0 saturated heterocycles. The zero-order valence-electron chi connectivity index (χ0n) is 11.0. The van der Waals surface area contributed by atoms with Gasteiger partial charge in [-0.15, -0.1) is 0 Å². The van der Waals surface area contributed by atoms with Crippen molar-refractivity contribution >= 4 is 5.69 Å². The molecule has 0 radical (unpaired) electrons. The molecule has 0 heterocycles. The third kappa shape index (κ3) is 4.35. The summed E-state index contributed by atoms with van der Waals surface area (Å²) in [4.78, 5) is 2.25. The Hall–Kier alpha value is -1.09. The molecule has 2 N–H and O–H groups in total. The van der Waals surface area contributed by atoms with Crippen LogP contribution in [0.4, 0.5) is 10.1 Å². The lowest BCUT2D eigenvalue weighted by atomic mass is 9.89. The summed E-state index contributed by atoms with van der Waals surface area (Å²) in [6.45, 7) is 9.02. The summed E-state index contributed by atoms with van der Waals surface area (Å²) < 4.78 is 12.8. The van der Waals surface area contributed by atoms with Crippen LogP contribution < -0.4 is 10.6 Å². The molecule has 1 aromatic carbocycles. The highest BCUT2D eigenvalue weighted by atomic mass is 19.1. The van der Waals surface area contributed by atoms with Crippen LogP contribution in [0.2, 0.25) is 0 Å². The molecule has 0 atom stereocenters. The fourth-order valence-corrected chi connectivity index (χ4v) is 1.66. The van der Waals surface area contributed by atoms with Gasteiger partial charge in [0.1, 0.15) is 5.82 Å². The lowest BCUT2D eigenvalue weighted by Crippen LogP contribution is -2.31. The molecule has 0 aliphatic rings. The van der Waals surface area contributed by atoms with Gasteiger partial charge in [0.2, 0.25) is 0 Å². The Bertz CT molecular complexity index is 333. The van der Waals surface area contributed by atoms with Gasteiger partial charge in [-0.3, -0.25) is 0 Å². The molecular weight excluding hydrogens is 215 g/mol. The van der Waals surface area contributed by atoms with E-state index in [-0.39, 0.29) is 11.2 Å². The van der Waals surface area contributed by atoms with E-state index in [1.807, 2.05) is 12.1 Å². The molecule has 0 fully saturated rings. The van der Waals surface area contributed by atoms with Crippen LogP contribution >= 0.6 is 0 Å². The van der Waals surface area contributed by atoms with Crippen molar-refractivity contribution in [3.8, 4) is 0 Å². The van der Waals surface area contributed by atoms with Crippen molar-refractivity contribution in [1.29, 1.82) is 0 Å². The second kappa shape index (κ2) is 6.01. The van der Waals surface area contributed by atoms with Crippen LogP contribution in [0.15, 0.2) is 24.3 Å². The van der Waals surface area contributed by atoms with Gasteiger partial charge in [0.25, 0.3) is 0 Å². The standard InChI is InChI=1S/C14H23FN2/c1-4-17(10-9-14(2,3)11-16)13-7-5-12(15)6-8-13/h5-8H,4,9-11,16H2,1-3H3. The lowest BCUT2D eigenvalue weighted by Gasteiger charge is -2.29. The highest BCUT2D eigenvalue weighted by Gasteiger charge is 2.16. The minimum absolute atomic E-state index is 0.160. The van der Waals surface area contributed by atoms with E-state index in [9.17, 15) is 4.39 Å². The molecule has 0 amide bonds. The van der Waals surface area contributed by atoms with E-state index in [1.54, 1.807) is 0 Å². The minimum Gasteiger partial charge on any atom is -0.372 e. The number of hydrogen-bond donors (Lipinski definition) is 1. The first-order chi connectivity index (χ1) is 7.98. The lowest BCUT2D eigenvalue weighted by molar-refractivity contribution is 0.349. The SMILES string of the molecule is CCN(CCC(C)(C)CN)c1ccc(F)cc1. The summed E-state index contributed by atoms with van der Waals surface area (Å²) in [7, 11) is 0. The molecule has 1 aromatic rings. The van der Waals surface area contributed by atoms with E-state index in [0.717, 1.165) is 25.2 Å². The number of benzene rings is 1. The summed E-state index contributed by atoms with van der Waals surface area (Å²) in [6.07, 6.45) is 1.04. The summed E-state index contributed by atoms with van der Waals surface area (Å²) in [5, 5.41) is 0. The molecule has 0 saturated carbocycles. The van der Waals surface area contributed by atoms with Crippen molar-refractivity contribution < 1.29 is 4.39 Å². The highest BCUT2D eigenvalue weighted by Crippen LogP contribution is 2.21. The Morgan fingerprint density at radius 1 is 1.24 bits per heavy atom. The summed E-state index contributed by atoms with van der Waals surface area (Å²) in [5.74, 6) is -0.188. The summed E-state index contributed by atoms with van der Waals surface area (Å²) >= 11 is 0. The van der Waals surface area contributed by atoms with Crippen LogP contribution in [0.5, 0.6) is 0 Å². The van der Waals surface area contributed by atoms with Gasteiger partial charge >= 0.3 is 0 Å². The summed E-state index contributed by atoms with van der Waals surface area (Å²) in [6, 6.07) is 6.67. The fraction of sp³-hybridized carbons (Fsp3) is 0.571. The molecule has 17 heavy (non-hydrogen) atoms. The Morgan fingerprint density at radius 2 is 1.82 bits per heavy atom. The van der Waals surface area contributed by atoms with Gasteiger partial charge in [-0.25, -0.2) is 4.39 Å². The van der Waals surface area contributed by atoms with Gasteiger partial charge in [-0.1, -0.05) is 13.8 Å². The predicted molar refractivity (Wildman–Crippen MR) is 71.7 cm³/mol. The molecule has 0 aliphatic heterocycles. The quantitative estimate of drug-likeness (QED) is 0.825. The Kier molecular flexibility index (Phi) is 4.94.